The van der Waals surface area contributed by atoms with E-state index < -0.39 is 0 Å². The molecule has 2 aromatic carbocycles. The van der Waals surface area contributed by atoms with E-state index in [4.69, 9.17) is 4.74 Å². The van der Waals surface area contributed by atoms with Gasteiger partial charge in [0.05, 0.1) is 12.8 Å². The number of rotatable bonds is 4. The van der Waals surface area contributed by atoms with Crippen molar-refractivity contribution >= 4 is 33.6 Å². The molecule has 0 aliphatic carbocycles. The molecule has 0 atom stereocenters. The Morgan fingerprint density at radius 1 is 1.04 bits per heavy atom. The summed E-state index contributed by atoms with van der Waals surface area (Å²) in [4.78, 5) is 16.6. The minimum Gasteiger partial charge on any atom is -0.495 e. The average molecular weight is 401 g/mol. The third kappa shape index (κ3) is 4.23. The van der Waals surface area contributed by atoms with E-state index in [-0.39, 0.29) is 5.91 Å². The van der Waals surface area contributed by atoms with Crippen molar-refractivity contribution in [2.45, 2.75) is 0 Å². The fourth-order valence-electron chi connectivity index (χ4n) is 2.94. The standard InChI is InChI=1S/C20H21BrN2O2/c1-25-19-9-5-4-8-18(19)22-12-14-23(15-13-22)20(24)11-10-16-6-2-3-7-17(16)21/h2-11H,12-15H2,1H3/b11-10+. The van der Waals surface area contributed by atoms with Crippen LogP contribution < -0.4 is 9.64 Å². The molecule has 1 heterocycles. The lowest BCUT2D eigenvalue weighted by Gasteiger charge is -2.36. The van der Waals surface area contributed by atoms with Crippen LogP contribution in [-0.2, 0) is 4.79 Å². The number of anilines is 1. The maximum absolute atomic E-state index is 12.4. The van der Waals surface area contributed by atoms with Crippen molar-refractivity contribution in [3.63, 3.8) is 0 Å². The van der Waals surface area contributed by atoms with Gasteiger partial charge >= 0.3 is 0 Å². The van der Waals surface area contributed by atoms with Crippen LogP contribution in [0.2, 0.25) is 0 Å². The van der Waals surface area contributed by atoms with E-state index in [1.54, 1.807) is 13.2 Å². The first-order valence-corrected chi connectivity index (χ1v) is 9.08. The highest BCUT2D eigenvalue weighted by molar-refractivity contribution is 9.10. The van der Waals surface area contributed by atoms with Crippen molar-refractivity contribution in [2.75, 3.05) is 38.2 Å². The van der Waals surface area contributed by atoms with E-state index >= 15 is 0 Å². The highest BCUT2D eigenvalue weighted by Gasteiger charge is 2.21. The van der Waals surface area contributed by atoms with Crippen LogP contribution in [0.3, 0.4) is 0 Å². The molecule has 0 saturated carbocycles. The monoisotopic (exact) mass is 400 g/mol. The quantitative estimate of drug-likeness (QED) is 0.731. The predicted molar refractivity (Wildman–Crippen MR) is 105 cm³/mol. The zero-order valence-corrected chi connectivity index (χ0v) is 15.8. The largest absolute Gasteiger partial charge is 0.495 e. The van der Waals surface area contributed by atoms with E-state index in [9.17, 15) is 4.79 Å². The molecule has 2 aromatic rings. The molecule has 1 saturated heterocycles. The molecular weight excluding hydrogens is 380 g/mol. The summed E-state index contributed by atoms with van der Waals surface area (Å²) in [5, 5.41) is 0. The number of halogens is 1. The minimum atomic E-state index is 0.0513. The van der Waals surface area contributed by atoms with Gasteiger partial charge in [-0.15, -0.1) is 0 Å². The Morgan fingerprint density at radius 3 is 2.44 bits per heavy atom. The number of ether oxygens (including phenoxy) is 1. The summed E-state index contributed by atoms with van der Waals surface area (Å²) in [5.74, 6) is 0.923. The summed E-state index contributed by atoms with van der Waals surface area (Å²) in [6.07, 6.45) is 3.51. The first-order valence-electron chi connectivity index (χ1n) is 8.28. The van der Waals surface area contributed by atoms with Crippen LogP contribution in [0.1, 0.15) is 5.56 Å². The topological polar surface area (TPSA) is 32.8 Å². The Hall–Kier alpha value is -2.27. The van der Waals surface area contributed by atoms with Gasteiger partial charge in [-0.3, -0.25) is 4.79 Å². The number of hydrogen-bond donors (Lipinski definition) is 0. The summed E-state index contributed by atoms with van der Waals surface area (Å²) >= 11 is 3.50. The molecule has 130 valence electrons. The molecule has 25 heavy (non-hydrogen) atoms. The van der Waals surface area contributed by atoms with Gasteiger partial charge in [0, 0.05) is 36.7 Å². The Morgan fingerprint density at radius 2 is 1.72 bits per heavy atom. The third-order valence-corrected chi connectivity index (χ3v) is 5.05. The van der Waals surface area contributed by atoms with Gasteiger partial charge in [-0.1, -0.05) is 46.3 Å². The lowest BCUT2D eigenvalue weighted by molar-refractivity contribution is -0.126. The second kappa shape index (κ2) is 8.21. The maximum Gasteiger partial charge on any atom is 0.246 e. The Kier molecular flexibility index (Phi) is 5.76. The van der Waals surface area contributed by atoms with Crippen molar-refractivity contribution in [3.05, 3.63) is 64.6 Å². The molecule has 3 rings (SSSR count). The number of piperazine rings is 1. The van der Waals surface area contributed by atoms with E-state index in [0.29, 0.717) is 13.1 Å². The molecular formula is C20H21BrN2O2. The minimum absolute atomic E-state index is 0.0513. The van der Waals surface area contributed by atoms with Gasteiger partial charge in [-0.2, -0.15) is 0 Å². The molecule has 0 unspecified atom stereocenters. The molecule has 1 aliphatic heterocycles. The molecule has 0 radical (unpaired) electrons. The molecule has 0 aromatic heterocycles. The summed E-state index contributed by atoms with van der Waals surface area (Å²) < 4.78 is 6.42. The van der Waals surface area contributed by atoms with E-state index in [0.717, 1.165) is 34.6 Å². The van der Waals surface area contributed by atoms with E-state index in [2.05, 4.69) is 26.9 Å². The molecule has 0 spiro atoms. The second-order valence-corrected chi connectivity index (χ2v) is 6.69. The van der Waals surface area contributed by atoms with Crippen molar-refractivity contribution < 1.29 is 9.53 Å². The molecule has 5 heteroatoms. The number of nitrogens with zero attached hydrogens (tertiary/aromatic N) is 2. The second-order valence-electron chi connectivity index (χ2n) is 5.84. The first kappa shape index (κ1) is 17.5. The Bertz CT molecular complexity index is 768. The smallest absolute Gasteiger partial charge is 0.246 e. The van der Waals surface area contributed by atoms with Gasteiger partial charge in [0.15, 0.2) is 0 Å². The molecule has 1 amide bonds. The highest BCUT2D eigenvalue weighted by atomic mass is 79.9. The predicted octanol–water partition coefficient (Wildman–Crippen LogP) is 3.82. The normalized spacial score (nSPS) is 14.8. The molecule has 0 N–H and O–H groups in total. The number of methoxy groups -OCH3 is 1. The summed E-state index contributed by atoms with van der Waals surface area (Å²) in [5.41, 5.74) is 2.09. The number of benzene rings is 2. The van der Waals surface area contributed by atoms with Gasteiger partial charge < -0.3 is 14.5 Å². The molecule has 1 fully saturated rings. The van der Waals surface area contributed by atoms with Crippen molar-refractivity contribution in [3.8, 4) is 5.75 Å². The SMILES string of the molecule is COc1ccccc1N1CCN(C(=O)/C=C/c2ccccc2Br)CC1. The Labute approximate surface area is 156 Å². The molecule has 1 aliphatic rings. The van der Waals surface area contributed by atoms with Crippen LogP contribution >= 0.6 is 15.9 Å². The van der Waals surface area contributed by atoms with E-state index in [1.165, 1.54) is 0 Å². The number of hydrogen-bond acceptors (Lipinski definition) is 3. The first-order chi connectivity index (χ1) is 12.2. The maximum atomic E-state index is 12.4. The van der Waals surface area contributed by atoms with Gasteiger partial charge in [-0.25, -0.2) is 0 Å². The Balaban J connectivity index is 1.60. The zero-order chi connectivity index (χ0) is 17.6. The van der Waals surface area contributed by atoms with Gasteiger partial charge in [-0.05, 0) is 29.8 Å². The molecule has 0 bridgehead atoms. The third-order valence-electron chi connectivity index (χ3n) is 4.33. The number of carbonyl (C=O) groups excluding carboxylic acids is 1. The van der Waals surface area contributed by atoms with E-state index in [1.807, 2.05) is 53.4 Å². The van der Waals surface area contributed by atoms with Crippen LogP contribution in [0.25, 0.3) is 6.08 Å². The van der Waals surface area contributed by atoms with Crippen molar-refractivity contribution in [1.82, 2.24) is 4.90 Å². The number of amides is 1. The van der Waals surface area contributed by atoms with Crippen LogP contribution in [0.5, 0.6) is 5.75 Å². The summed E-state index contributed by atoms with van der Waals surface area (Å²) in [6.45, 7) is 3.01. The lowest BCUT2D eigenvalue weighted by atomic mass is 10.2. The van der Waals surface area contributed by atoms with Gasteiger partial charge in [0.2, 0.25) is 5.91 Å². The van der Waals surface area contributed by atoms with Crippen LogP contribution in [0, 0.1) is 0 Å². The van der Waals surface area contributed by atoms with Crippen LogP contribution in [0.15, 0.2) is 59.1 Å². The van der Waals surface area contributed by atoms with Crippen molar-refractivity contribution in [1.29, 1.82) is 0 Å². The fourth-order valence-corrected chi connectivity index (χ4v) is 3.35. The van der Waals surface area contributed by atoms with Crippen molar-refractivity contribution in [2.24, 2.45) is 0 Å². The zero-order valence-electron chi connectivity index (χ0n) is 14.2. The summed E-state index contributed by atoms with van der Waals surface area (Å²) in [7, 11) is 1.69. The van der Waals surface area contributed by atoms with Crippen LogP contribution in [0.4, 0.5) is 5.69 Å². The van der Waals surface area contributed by atoms with Crippen LogP contribution in [-0.4, -0.2) is 44.1 Å². The fraction of sp³-hybridized carbons (Fsp3) is 0.250. The van der Waals surface area contributed by atoms with Gasteiger partial charge in [0.1, 0.15) is 5.75 Å². The number of carbonyl (C=O) groups is 1. The average Bonchev–Trinajstić information content (AvgIpc) is 2.67. The number of para-hydroxylation sites is 2. The molecule has 4 nitrogen and oxygen atoms in total. The van der Waals surface area contributed by atoms with Gasteiger partial charge in [0.25, 0.3) is 0 Å². The highest BCUT2D eigenvalue weighted by Crippen LogP contribution is 2.28. The summed E-state index contributed by atoms with van der Waals surface area (Å²) in [6, 6.07) is 15.9. The lowest BCUT2D eigenvalue weighted by Crippen LogP contribution is -2.48.